The van der Waals surface area contributed by atoms with E-state index in [2.05, 4.69) is 34.4 Å². The zero-order valence-corrected chi connectivity index (χ0v) is 15.6. The Morgan fingerprint density at radius 1 is 0.963 bits per heavy atom. The highest BCUT2D eigenvalue weighted by molar-refractivity contribution is 6.03. The first-order chi connectivity index (χ1) is 13.0. The van der Waals surface area contributed by atoms with Gasteiger partial charge < -0.3 is 15.4 Å². The Labute approximate surface area is 158 Å². The molecule has 0 radical (unpaired) electrons. The van der Waals surface area contributed by atoms with Gasteiger partial charge in [-0.2, -0.15) is 0 Å². The molecule has 1 amide bonds. The van der Waals surface area contributed by atoms with E-state index in [-0.39, 0.29) is 5.91 Å². The fourth-order valence-electron chi connectivity index (χ4n) is 2.46. The van der Waals surface area contributed by atoms with Crippen molar-refractivity contribution in [3.05, 3.63) is 71.5 Å². The van der Waals surface area contributed by atoms with E-state index in [0.717, 1.165) is 11.4 Å². The topological polar surface area (TPSA) is 76.1 Å². The van der Waals surface area contributed by atoms with E-state index < -0.39 is 0 Å². The van der Waals surface area contributed by atoms with Crippen LogP contribution in [-0.2, 0) is 0 Å². The van der Waals surface area contributed by atoms with E-state index in [1.165, 1.54) is 23.5 Å². The maximum atomic E-state index is 12.3. The molecule has 0 aliphatic rings. The van der Waals surface area contributed by atoms with Crippen LogP contribution in [0.2, 0.25) is 0 Å². The Morgan fingerprint density at radius 2 is 1.63 bits per heavy atom. The summed E-state index contributed by atoms with van der Waals surface area (Å²) >= 11 is 0. The molecule has 27 heavy (non-hydrogen) atoms. The van der Waals surface area contributed by atoms with E-state index in [9.17, 15) is 4.79 Å². The van der Waals surface area contributed by atoms with Crippen molar-refractivity contribution in [2.24, 2.45) is 0 Å². The number of aromatic nitrogens is 2. The van der Waals surface area contributed by atoms with Gasteiger partial charge in [0.2, 0.25) is 5.95 Å². The Kier molecular flexibility index (Phi) is 5.66. The number of hydrogen-bond acceptors (Lipinski definition) is 5. The summed E-state index contributed by atoms with van der Waals surface area (Å²) in [7, 11) is 0. The molecule has 1 aromatic heterocycles. The highest BCUT2D eigenvalue weighted by Gasteiger charge is 2.08. The fraction of sp³-hybridized carbons (Fsp3) is 0.190. The lowest BCUT2D eigenvalue weighted by Gasteiger charge is -2.09. The molecule has 138 valence electrons. The highest BCUT2D eigenvalue weighted by atomic mass is 16.5. The third kappa shape index (κ3) is 4.82. The van der Waals surface area contributed by atoms with Crippen LogP contribution in [0.15, 0.2) is 54.9 Å². The first-order valence-electron chi connectivity index (χ1n) is 8.75. The molecule has 0 spiro atoms. The van der Waals surface area contributed by atoms with Crippen molar-refractivity contribution in [1.29, 1.82) is 0 Å². The lowest BCUT2D eigenvalue weighted by Crippen LogP contribution is -2.13. The number of ether oxygens (including phenoxy) is 1. The standard InChI is InChI=1S/C21H22N4O2/c1-4-27-19-9-7-17(8-10-19)24-20(26)16-12-22-21(23-13-16)25-18-6-5-14(2)15(3)11-18/h5-13H,4H2,1-3H3,(H,24,26)(H,22,23,25). The van der Waals surface area contributed by atoms with Gasteiger partial charge >= 0.3 is 0 Å². The summed E-state index contributed by atoms with van der Waals surface area (Å²) in [5, 5.41) is 5.95. The zero-order chi connectivity index (χ0) is 19.2. The quantitative estimate of drug-likeness (QED) is 0.676. The number of amides is 1. The summed E-state index contributed by atoms with van der Waals surface area (Å²) in [5.41, 5.74) is 4.38. The van der Waals surface area contributed by atoms with Crippen LogP contribution in [0.3, 0.4) is 0 Å². The summed E-state index contributed by atoms with van der Waals surface area (Å²) < 4.78 is 5.39. The van der Waals surface area contributed by atoms with Gasteiger partial charge in [0.15, 0.2) is 0 Å². The number of nitrogens with one attached hydrogen (secondary N) is 2. The number of carbonyl (C=O) groups is 1. The Hall–Kier alpha value is -3.41. The molecular formula is C21H22N4O2. The number of rotatable bonds is 6. The second-order valence-corrected chi connectivity index (χ2v) is 6.13. The fourth-order valence-corrected chi connectivity index (χ4v) is 2.46. The molecule has 0 saturated carbocycles. The summed E-state index contributed by atoms with van der Waals surface area (Å²) in [6.45, 7) is 6.64. The predicted molar refractivity (Wildman–Crippen MR) is 107 cm³/mol. The molecule has 0 unspecified atom stereocenters. The van der Waals surface area contributed by atoms with Crippen LogP contribution >= 0.6 is 0 Å². The van der Waals surface area contributed by atoms with Gasteiger partial charge in [0, 0.05) is 23.8 Å². The third-order valence-electron chi connectivity index (χ3n) is 4.10. The Bertz CT molecular complexity index is 922. The molecule has 2 aromatic carbocycles. The summed E-state index contributed by atoms with van der Waals surface area (Å²) in [5.74, 6) is 0.938. The Morgan fingerprint density at radius 3 is 2.26 bits per heavy atom. The van der Waals surface area contributed by atoms with Gasteiger partial charge in [-0.25, -0.2) is 9.97 Å². The minimum atomic E-state index is -0.267. The predicted octanol–water partition coefficient (Wildman–Crippen LogP) is 4.49. The van der Waals surface area contributed by atoms with Crippen molar-refractivity contribution in [2.75, 3.05) is 17.2 Å². The summed E-state index contributed by atoms with van der Waals surface area (Å²) in [4.78, 5) is 20.8. The number of nitrogens with zero attached hydrogens (tertiary/aromatic N) is 2. The van der Waals surface area contributed by atoms with Gasteiger partial charge in [-0.1, -0.05) is 6.07 Å². The van der Waals surface area contributed by atoms with Crippen molar-refractivity contribution in [3.8, 4) is 5.75 Å². The van der Waals surface area contributed by atoms with Crippen molar-refractivity contribution < 1.29 is 9.53 Å². The molecule has 0 fully saturated rings. The second-order valence-electron chi connectivity index (χ2n) is 6.13. The van der Waals surface area contributed by atoms with Crippen LogP contribution in [-0.4, -0.2) is 22.5 Å². The minimum absolute atomic E-state index is 0.267. The van der Waals surface area contributed by atoms with Gasteiger partial charge in [0.05, 0.1) is 12.2 Å². The smallest absolute Gasteiger partial charge is 0.258 e. The molecule has 0 saturated heterocycles. The molecule has 1 heterocycles. The first kappa shape index (κ1) is 18.4. The summed E-state index contributed by atoms with van der Waals surface area (Å²) in [6.07, 6.45) is 3.00. The lowest BCUT2D eigenvalue weighted by molar-refractivity contribution is 0.102. The van der Waals surface area contributed by atoms with Crippen LogP contribution in [0.1, 0.15) is 28.4 Å². The highest BCUT2D eigenvalue weighted by Crippen LogP contribution is 2.18. The molecule has 6 heteroatoms. The van der Waals surface area contributed by atoms with Crippen LogP contribution < -0.4 is 15.4 Å². The number of benzene rings is 2. The Balaban J connectivity index is 1.63. The van der Waals surface area contributed by atoms with Gasteiger partial charge in [-0.05, 0) is 68.3 Å². The van der Waals surface area contributed by atoms with Crippen LogP contribution in [0, 0.1) is 13.8 Å². The van der Waals surface area contributed by atoms with E-state index in [1.807, 2.05) is 37.3 Å². The second kappa shape index (κ2) is 8.31. The maximum Gasteiger partial charge on any atom is 0.258 e. The SMILES string of the molecule is CCOc1ccc(NC(=O)c2cnc(Nc3ccc(C)c(C)c3)nc2)cc1. The van der Waals surface area contributed by atoms with Gasteiger partial charge in [0.25, 0.3) is 5.91 Å². The van der Waals surface area contributed by atoms with Crippen molar-refractivity contribution in [3.63, 3.8) is 0 Å². The number of carbonyl (C=O) groups excluding carboxylic acids is 1. The van der Waals surface area contributed by atoms with Crippen LogP contribution in [0.25, 0.3) is 0 Å². The van der Waals surface area contributed by atoms with Gasteiger partial charge in [0.1, 0.15) is 5.75 Å². The molecular weight excluding hydrogens is 340 g/mol. The van der Waals surface area contributed by atoms with E-state index in [4.69, 9.17) is 4.74 Å². The van der Waals surface area contributed by atoms with Gasteiger partial charge in [-0.15, -0.1) is 0 Å². The van der Waals surface area contributed by atoms with Crippen LogP contribution in [0.4, 0.5) is 17.3 Å². The van der Waals surface area contributed by atoms with Gasteiger partial charge in [-0.3, -0.25) is 4.79 Å². The number of hydrogen-bond donors (Lipinski definition) is 2. The number of aryl methyl sites for hydroxylation is 2. The molecule has 0 bridgehead atoms. The molecule has 0 atom stereocenters. The molecule has 3 rings (SSSR count). The van der Waals surface area contributed by atoms with E-state index >= 15 is 0 Å². The average molecular weight is 362 g/mol. The molecule has 2 N–H and O–H groups in total. The maximum absolute atomic E-state index is 12.3. The minimum Gasteiger partial charge on any atom is -0.494 e. The van der Waals surface area contributed by atoms with Crippen molar-refractivity contribution in [1.82, 2.24) is 9.97 Å². The molecule has 0 aliphatic carbocycles. The number of anilines is 3. The van der Waals surface area contributed by atoms with E-state index in [1.54, 1.807) is 12.1 Å². The normalized spacial score (nSPS) is 10.3. The molecule has 3 aromatic rings. The first-order valence-corrected chi connectivity index (χ1v) is 8.75. The van der Waals surface area contributed by atoms with E-state index in [0.29, 0.717) is 23.8 Å². The zero-order valence-electron chi connectivity index (χ0n) is 15.6. The lowest BCUT2D eigenvalue weighted by atomic mass is 10.1. The summed E-state index contributed by atoms with van der Waals surface area (Å²) in [6, 6.07) is 13.2. The van der Waals surface area contributed by atoms with Crippen LogP contribution in [0.5, 0.6) is 5.75 Å². The van der Waals surface area contributed by atoms with Crippen molar-refractivity contribution >= 4 is 23.2 Å². The monoisotopic (exact) mass is 362 g/mol. The molecule has 6 nitrogen and oxygen atoms in total. The van der Waals surface area contributed by atoms with Crippen molar-refractivity contribution in [2.45, 2.75) is 20.8 Å². The average Bonchev–Trinajstić information content (AvgIpc) is 2.67. The largest absolute Gasteiger partial charge is 0.494 e. The third-order valence-corrected chi connectivity index (χ3v) is 4.10. The molecule has 0 aliphatic heterocycles.